The minimum atomic E-state index is -3.05. The molecule has 100 valence electrons. The van der Waals surface area contributed by atoms with Gasteiger partial charge in [-0.25, -0.2) is 12.8 Å². The van der Waals surface area contributed by atoms with Crippen LogP contribution < -0.4 is 5.32 Å². The second-order valence-corrected chi connectivity index (χ2v) is 7.77. The van der Waals surface area contributed by atoms with Gasteiger partial charge in [0, 0.05) is 16.6 Å². The summed E-state index contributed by atoms with van der Waals surface area (Å²) in [7, 11) is -3.05. The molecule has 1 N–H and O–H groups in total. The Morgan fingerprint density at radius 3 is 2.83 bits per heavy atom. The van der Waals surface area contributed by atoms with Crippen LogP contribution in [0.5, 0.6) is 0 Å². The third-order valence-electron chi connectivity index (χ3n) is 3.11. The lowest BCUT2D eigenvalue weighted by Crippen LogP contribution is -2.31. The molecule has 2 unspecified atom stereocenters. The van der Waals surface area contributed by atoms with E-state index < -0.39 is 9.84 Å². The quantitative estimate of drug-likeness (QED) is 0.857. The SMILES string of the molecule is CC1CCS(=O)(=O)CC(c2ccc(F)cc2Br)N1. The molecule has 0 spiro atoms. The van der Waals surface area contributed by atoms with Crippen LogP contribution in [0, 0.1) is 5.82 Å². The van der Waals surface area contributed by atoms with E-state index in [9.17, 15) is 12.8 Å². The van der Waals surface area contributed by atoms with Gasteiger partial charge in [-0.2, -0.15) is 0 Å². The van der Waals surface area contributed by atoms with E-state index in [1.807, 2.05) is 6.92 Å². The molecule has 2 atom stereocenters. The Bertz CT molecular complexity index is 547. The van der Waals surface area contributed by atoms with Gasteiger partial charge in [-0.1, -0.05) is 22.0 Å². The number of sulfone groups is 1. The highest BCUT2D eigenvalue weighted by Crippen LogP contribution is 2.27. The van der Waals surface area contributed by atoms with Crippen molar-refractivity contribution in [3.63, 3.8) is 0 Å². The van der Waals surface area contributed by atoms with Crippen LogP contribution in [0.1, 0.15) is 24.9 Å². The predicted octanol–water partition coefficient (Wildman–Crippen LogP) is 2.43. The molecule has 0 aromatic heterocycles. The predicted molar refractivity (Wildman–Crippen MR) is 72.7 cm³/mol. The van der Waals surface area contributed by atoms with Gasteiger partial charge in [0.15, 0.2) is 9.84 Å². The summed E-state index contributed by atoms with van der Waals surface area (Å²) in [4.78, 5) is 0. The van der Waals surface area contributed by atoms with Crippen molar-refractivity contribution in [2.75, 3.05) is 11.5 Å². The van der Waals surface area contributed by atoms with Gasteiger partial charge in [-0.05, 0) is 31.0 Å². The first kappa shape index (κ1) is 14.0. The average Bonchev–Trinajstić information content (AvgIpc) is 2.37. The molecule has 1 heterocycles. The highest BCUT2D eigenvalue weighted by molar-refractivity contribution is 9.10. The van der Waals surface area contributed by atoms with Gasteiger partial charge in [0.05, 0.1) is 11.5 Å². The van der Waals surface area contributed by atoms with E-state index in [2.05, 4.69) is 21.2 Å². The molecule has 1 aromatic carbocycles. The largest absolute Gasteiger partial charge is 0.306 e. The van der Waals surface area contributed by atoms with Crippen LogP contribution in [0.15, 0.2) is 22.7 Å². The molecule has 0 saturated carbocycles. The maximum absolute atomic E-state index is 13.1. The van der Waals surface area contributed by atoms with E-state index >= 15 is 0 Å². The fourth-order valence-corrected chi connectivity index (χ4v) is 4.42. The number of hydrogen-bond donors (Lipinski definition) is 1. The summed E-state index contributed by atoms with van der Waals surface area (Å²) in [6.07, 6.45) is 0.609. The van der Waals surface area contributed by atoms with Gasteiger partial charge >= 0.3 is 0 Å². The Kier molecular flexibility index (Phi) is 4.08. The van der Waals surface area contributed by atoms with Crippen molar-refractivity contribution in [1.82, 2.24) is 5.32 Å². The molecular formula is C12H15BrFNO2S. The first-order valence-corrected chi connectivity index (χ1v) is 8.40. The molecule has 6 heteroatoms. The molecule has 1 fully saturated rings. The Morgan fingerprint density at radius 2 is 2.17 bits per heavy atom. The minimum Gasteiger partial charge on any atom is -0.306 e. The van der Waals surface area contributed by atoms with E-state index in [4.69, 9.17) is 0 Å². The van der Waals surface area contributed by atoms with E-state index in [1.165, 1.54) is 12.1 Å². The molecular weight excluding hydrogens is 321 g/mol. The summed E-state index contributed by atoms with van der Waals surface area (Å²) < 4.78 is 37.4. The highest BCUT2D eigenvalue weighted by atomic mass is 79.9. The Morgan fingerprint density at radius 1 is 1.44 bits per heavy atom. The standard InChI is InChI=1S/C12H15BrFNO2S/c1-8-4-5-18(16,17)7-12(15-8)10-3-2-9(14)6-11(10)13/h2-3,6,8,12,15H,4-5,7H2,1H3. The van der Waals surface area contributed by atoms with E-state index in [-0.39, 0.29) is 29.4 Å². The zero-order valence-electron chi connectivity index (χ0n) is 9.99. The molecule has 3 nitrogen and oxygen atoms in total. The number of hydrogen-bond acceptors (Lipinski definition) is 3. The van der Waals surface area contributed by atoms with Crippen LogP contribution in [0.2, 0.25) is 0 Å². The van der Waals surface area contributed by atoms with Gasteiger partial charge in [0.1, 0.15) is 5.82 Å². The van der Waals surface area contributed by atoms with Crippen molar-refractivity contribution in [3.8, 4) is 0 Å². The fraction of sp³-hybridized carbons (Fsp3) is 0.500. The van der Waals surface area contributed by atoms with Crippen molar-refractivity contribution < 1.29 is 12.8 Å². The van der Waals surface area contributed by atoms with Gasteiger partial charge < -0.3 is 5.32 Å². The molecule has 1 aromatic rings. The van der Waals surface area contributed by atoms with Crippen molar-refractivity contribution in [2.24, 2.45) is 0 Å². The Labute approximate surface area is 115 Å². The van der Waals surface area contributed by atoms with Crippen LogP contribution >= 0.6 is 15.9 Å². The summed E-state index contributed by atoms with van der Waals surface area (Å²) in [6, 6.07) is 4.18. The number of nitrogens with one attached hydrogen (secondary N) is 1. The van der Waals surface area contributed by atoms with E-state index in [1.54, 1.807) is 6.07 Å². The molecule has 0 amide bonds. The van der Waals surface area contributed by atoms with Crippen LogP contribution in [0.4, 0.5) is 4.39 Å². The van der Waals surface area contributed by atoms with Gasteiger partial charge in [0.25, 0.3) is 0 Å². The molecule has 0 bridgehead atoms. The van der Waals surface area contributed by atoms with Gasteiger partial charge in [-0.3, -0.25) is 0 Å². The summed E-state index contributed by atoms with van der Waals surface area (Å²) in [5.41, 5.74) is 0.786. The van der Waals surface area contributed by atoms with Gasteiger partial charge in [0.2, 0.25) is 0 Å². The molecule has 0 aliphatic carbocycles. The minimum absolute atomic E-state index is 0.0571. The number of benzene rings is 1. The lowest BCUT2D eigenvalue weighted by molar-refractivity contribution is 0.482. The third kappa shape index (κ3) is 3.30. The average molecular weight is 336 g/mol. The Balaban J connectivity index is 2.35. The third-order valence-corrected chi connectivity index (χ3v) is 5.49. The van der Waals surface area contributed by atoms with Crippen molar-refractivity contribution in [3.05, 3.63) is 34.1 Å². The fourth-order valence-electron chi connectivity index (χ4n) is 2.13. The zero-order valence-corrected chi connectivity index (χ0v) is 12.4. The molecule has 18 heavy (non-hydrogen) atoms. The number of halogens is 2. The second-order valence-electron chi connectivity index (χ2n) is 4.69. The van der Waals surface area contributed by atoms with Crippen molar-refractivity contribution in [2.45, 2.75) is 25.4 Å². The molecule has 1 saturated heterocycles. The van der Waals surface area contributed by atoms with Crippen LogP contribution in [0.25, 0.3) is 0 Å². The molecule has 0 radical (unpaired) electrons. The number of rotatable bonds is 1. The maximum Gasteiger partial charge on any atom is 0.152 e. The summed E-state index contributed by atoms with van der Waals surface area (Å²) >= 11 is 3.29. The van der Waals surface area contributed by atoms with Gasteiger partial charge in [-0.15, -0.1) is 0 Å². The first-order chi connectivity index (χ1) is 8.37. The molecule has 1 aliphatic heterocycles. The topological polar surface area (TPSA) is 46.2 Å². The van der Waals surface area contributed by atoms with E-state index in [0.717, 1.165) is 5.56 Å². The zero-order chi connectivity index (χ0) is 13.3. The first-order valence-electron chi connectivity index (χ1n) is 5.79. The van der Waals surface area contributed by atoms with Crippen LogP contribution in [0.3, 0.4) is 0 Å². The van der Waals surface area contributed by atoms with Crippen molar-refractivity contribution in [1.29, 1.82) is 0 Å². The Hall–Kier alpha value is -0.460. The smallest absolute Gasteiger partial charge is 0.152 e. The summed E-state index contributed by atoms with van der Waals surface area (Å²) in [5, 5.41) is 3.28. The molecule has 1 aliphatic rings. The lowest BCUT2D eigenvalue weighted by atomic mass is 10.1. The van der Waals surface area contributed by atoms with Crippen molar-refractivity contribution >= 4 is 25.8 Å². The second kappa shape index (κ2) is 5.27. The summed E-state index contributed by atoms with van der Waals surface area (Å²) in [6.45, 7) is 1.96. The highest BCUT2D eigenvalue weighted by Gasteiger charge is 2.27. The molecule has 2 rings (SSSR count). The lowest BCUT2D eigenvalue weighted by Gasteiger charge is -2.20. The maximum atomic E-state index is 13.1. The summed E-state index contributed by atoms with van der Waals surface area (Å²) in [5.74, 6) is -0.0759. The van der Waals surface area contributed by atoms with Crippen LogP contribution in [-0.4, -0.2) is 26.0 Å². The normalized spacial score (nSPS) is 27.7. The monoisotopic (exact) mass is 335 g/mol. The van der Waals surface area contributed by atoms with Crippen LogP contribution in [-0.2, 0) is 9.84 Å². The van der Waals surface area contributed by atoms with E-state index in [0.29, 0.717) is 10.9 Å².